The number of rotatable bonds is 9. The lowest BCUT2D eigenvalue weighted by atomic mass is 10.0. The lowest BCUT2D eigenvalue weighted by Gasteiger charge is -2.08. The number of ether oxygens (including phenoxy) is 1. The van der Waals surface area contributed by atoms with Crippen LogP contribution in [-0.4, -0.2) is 28.4 Å². The average Bonchev–Trinajstić information content (AvgIpc) is 3.22. The van der Waals surface area contributed by atoms with Gasteiger partial charge in [-0.3, -0.25) is 4.79 Å². The Morgan fingerprint density at radius 3 is 2.40 bits per heavy atom. The molecule has 1 heterocycles. The Morgan fingerprint density at radius 2 is 1.71 bits per heavy atom. The van der Waals surface area contributed by atoms with Gasteiger partial charge in [-0.15, -0.1) is 23.1 Å². The number of thioether (sulfide) groups is 1. The number of nitrogens with zero attached hydrogens (tertiary/aromatic N) is 1. The molecule has 0 aliphatic rings. The molecule has 0 amide bonds. The molecule has 178 valence electrons. The van der Waals surface area contributed by atoms with Crippen molar-refractivity contribution in [3.8, 4) is 27.4 Å². The van der Waals surface area contributed by atoms with Crippen molar-refractivity contribution in [2.75, 3.05) is 6.61 Å². The fraction of sp³-hybridized carbons (Fsp3) is 0.179. The highest BCUT2D eigenvalue weighted by Crippen LogP contribution is 2.34. The summed E-state index contributed by atoms with van der Waals surface area (Å²) < 4.78 is 5.31. The minimum Gasteiger partial charge on any atom is -0.482 e. The van der Waals surface area contributed by atoms with Crippen LogP contribution in [0.15, 0.2) is 71.6 Å². The van der Waals surface area contributed by atoms with Crippen molar-refractivity contribution in [3.05, 3.63) is 88.4 Å². The van der Waals surface area contributed by atoms with Gasteiger partial charge in [0, 0.05) is 26.7 Å². The van der Waals surface area contributed by atoms with Gasteiger partial charge in [-0.25, -0.2) is 9.78 Å². The molecule has 0 aliphatic heterocycles. The first-order valence-electron chi connectivity index (χ1n) is 11.1. The highest BCUT2D eigenvalue weighted by atomic mass is 32.2. The lowest BCUT2D eigenvalue weighted by molar-refractivity contribution is -0.139. The monoisotopic (exact) mass is 503 g/mol. The number of carbonyl (C=O) groups is 2. The number of carbonyl (C=O) groups excluding carboxylic acids is 1. The zero-order valence-electron chi connectivity index (χ0n) is 19.7. The van der Waals surface area contributed by atoms with Crippen molar-refractivity contribution < 1.29 is 19.4 Å². The molecule has 7 heteroatoms. The second-order valence-electron chi connectivity index (χ2n) is 8.14. The van der Waals surface area contributed by atoms with Crippen LogP contribution in [0.2, 0.25) is 0 Å². The molecule has 5 nitrogen and oxygen atoms in total. The Bertz CT molecular complexity index is 1380. The molecule has 4 rings (SSSR count). The van der Waals surface area contributed by atoms with Crippen LogP contribution < -0.4 is 4.74 Å². The maximum atomic E-state index is 11.7. The van der Waals surface area contributed by atoms with Gasteiger partial charge in [-0.2, -0.15) is 0 Å². The Morgan fingerprint density at radius 1 is 0.971 bits per heavy atom. The molecule has 0 spiro atoms. The number of thiazole rings is 1. The molecule has 0 radical (unpaired) electrons. The fourth-order valence-corrected chi connectivity index (χ4v) is 5.78. The number of Topliss-reactive ketones (excluding diaryl/α,β-unsaturated/α-hetero) is 1. The van der Waals surface area contributed by atoms with Crippen LogP contribution >= 0.6 is 23.1 Å². The molecule has 0 atom stereocenters. The summed E-state index contributed by atoms with van der Waals surface area (Å²) in [5.41, 5.74) is 5.79. The molecule has 1 N–H and O–H groups in total. The van der Waals surface area contributed by atoms with Crippen LogP contribution in [0, 0.1) is 13.8 Å². The van der Waals surface area contributed by atoms with Gasteiger partial charge >= 0.3 is 5.97 Å². The van der Waals surface area contributed by atoms with Crippen molar-refractivity contribution in [2.24, 2.45) is 0 Å². The number of aromatic nitrogens is 1. The van der Waals surface area contributed by atoms with E-state index in [2.05, 4.69) is 24.3 Å². The average molecular weight is 504 g/mol. The van der Waals surface area contributed by atoms with Gasteiger partial charge in [-0.05, 0) is 61.7 Å². The number of hydrogen-bond acceptors (Lipinski definition) is 6. The van der Waals surface area contributed by atoms with Crippen LogP contribution in [0.25, 0.3) is 21.7 Å². The highest BCUT2D eigenvalue weighted by Gasteiger charge is 2.12. The topological polar surface area (TPSA) is 76.5 Å². The molecule has 0 aliphatic carbocycles. The number of benzene rings is 3. The largest absolute Gasteiger partial charge is 0.482 e. The summed E-state index contributed by atoms with van der Waals surface area (Å²) in [5.74, 6) is 0.458. The third-order valence-electron chi connectivity index (χ3n) is 5.49. The van der Waals surface area contributed by atoms with Gasteiger partial charge < -0.3 is 9.84 Å². The summed E-state index contributed by atoms with van der Waals surface area (Å²) in [6, 6.07) is 21.7. The van der Waals surface area contributed by atoms with Crippen LogP contribution in [0.1, 0.15) is 33.4 Å². The molecular formula is C28H25NO4S2. The maximum absolute atomic E-state index is 11.7. The highest BCUT2D eigenvalue weighted by molar-refractivity contribution is 7.98. The van der Waals surface area contributed by atoms with E-state index in [0.717, 1.165) is 43.6 Å². The van der Waals surface area contributed by atoms with Gasteiger partial charge in [0.05, 0.1) is 5.69 Å². The van der Waals surface area contributed by atoms with Gasteiger partial charge in [-0.1, -0.05) is 42.5 Å². The SMILES string of the molecule is CC(=O)c1cccc(-c2ccc(-c3nc(C)c(CSc4ccc(OCC(=O)O)c(C)c4)s3)cc2)c1. The number of aliphatic carboxylic acids is 1. The summed E-state index contributed by atoms with van der Waals surface area (Å²) in [6.45, 7) is 5.18. The summed E-state index contributed by atoms with van der Waals surface area (Å²) >= 11 is 3.41. The molecule has 4 aromatic rings. The van der Waals surface area contributed by atoms with E-state index in [4.69, 9.17) is 14.8 Å². The van der Waals surface area contributed by atoms with Gasteiger partial charge in [0.25, 0.3) is 0 Å². The van der Waals surface area contributed by atoms with Crippen LogP contribution in [0.3, 0.4) is 0 Å². The van der Waals surface area contributed by atoms with Crippen LogP contribution in [0.5, 0.6) is 5.75 Å². The van der Waals surface area contributed by atoms with E-state index in [1.54, 1.807) is 30.0 Å². The number of carboxylic acid groups (broad SMARTS) is 1. The fourth-order valence-electron chi connectivity index (χ4n) is 3.57. The van der Waals surface area contributed by atoms with Crippen molar-refractivity contribution in [3.63, 3.8) is 0 Å². The van der Waals surface area contributed by atoms with Crippen LogP contribution in [0.4, 0.5) is 0 Å². The molecule has 0 fully saturated rings. The quantitative estimate of drug-likeness (QED) is 0.195. The van der Waals surface area contributed by atoms with E-state index < -0.39 is 5.97 Å². The van der Waals surface area contributed by atoms with E-state index in [-0.39, 0.29) is 12.4 Å². The Hall–Kier alpha value is -3.42. The zero-order valence-corrected chi connectivity index (χ0v) is 21.3. The minimum absolute atomic E-state index is 0.0600. The summed E-state index contributed by atoms with van der Waals surface area (Å²) in [7, 11) is 0. The molecule has 35 heavy (non-hydrogen) atoms. The Kier molecular flexibility index (Phi) is 7.68. The van der Waals surface area contributed by atoms with E-state index in [9.17, 15) is 9.59 Å². The number of aryl methyl sites for hydroxylation is 2. The van der Waals surface area contributed by atoms with Crippen molar-refractivity contribution in [1.29, 1.82) is 0 Å². The van der Waals surface area contributed by atoms with Crippen molar-refractivity contribution >= 4 is 34.9 Å². The van der Waals surface area contributed by atoms with E-state index >= 15 is 0 Å². The summed E-state index contributed by atoms with van der Waals surface area (Å²) in [6.07, 6.45) is 0. The third-order valence-corrected chi connectivity index (χ3v) is 7.90. The van der Waals surface area contributed by atoms with E-state index in [0.29, 0.717) is 11.3 Å². The van der Waals surface area contributed by atoms with Crippen LogP contribution in [-0.2, 0) is 10.5 Å². The smallest absolute Gasteiger partial charge is 0.341 e. The maximum Gasteiger partial charge on any atom is 0.341 e. The lowest BCUT2D eigenvalue weighted by Crippen LogP contribution is -2.09. The minimum atomic E-state index is -0.990. The normalized spacial score (nSPS) is 10.8. The first-order valence-corrected chi connectivity index (χ1v) is 12.9. The van der Waals surface area contributed by atoms with E-state index in [1.807, 2.05) is 56.3 Å². The van der Waals surface area contributed by atoms with Gasteiger partial charge in [0.2, 0.25) is 0 Å². The molecule has 1 aromatic heterocycles. The molecule has 0 unspecified atom stereocenters. The molecule has 0 bridgehead atoms. The summed E-state index contributed by atoms with van der Waals surface area (Å²) in [4.78, 5) is 29.5. The summed E-state index contributed by atoms with van der Waals surface area (Å²) in [5, 5.41) is 9.77. The second kappa shape index (κ2) is 10.9. The standard InChI is InChI=1S/C28H25NO4S2/c1-17-13-24(11-12-25(17)33-15-27(31)32)34-16-26-18(2)29-28(35-26)21-9-7-20(8-10-21)23-6-4-5-22(14-23)19(3)30/h4-14H,15-16H2,1-3H3,(H,31,32). The predicted octanol–water partition coefficient (Wildman–Crippen LogP) is 7.05. The number of hydrogen-bond donors (Lipinski definition) is 1. The van der Waals surface area contributed by atoms with E-state index in [1.165, 1.54) is 4.88 Å². The zero-order chi connectivity index (χ0) is 24.9. The predicted molar refractivity (Wildman–Crippen MR) is 142 cm³/mol. The molecule has 0 saturated carbocycles. The molecular weight excluding hydrogens is 478 g/mol. The van der Waals surface area contributed by atoms with Gasteiger partial charge in [0.1, 0.15) is 10.8 Å². The first kappa shape index (κ1) is 24.7. The Labute approximate surface area is 212 Å². The number of ketones is 1. The molecule has 0 saturated heterocycles. The van der Waals surface area contributed by atoms with Crippen molar-refractivity contribution in [1.82, 2.24) is 4.98 Å². The first-order chi connectivity index (χ1) is 16.8. The number of carboxylic acids is 1. The third kappa shape index (κ3) is 6.18. The molecule has 3 aromatic carbocycles. The second-order valence-corrected chi connectivity index (χ2v) is 10.3. The Balaban J connectivity index is 1.44. The van der Waals surface area contributed by atoms with Crippen molar-refractivity contribution in [2.45, 2.75) is 31.4 Å². The van der Waals surface area contributed by atoms with Gasteiger partial charge in [0.15, 0.2) is 12.4 Å².